The molecule has 6 nitrogen and oxygen atoms in total. The first-order valence-electron chi connectivity index (χ1n) is 12.8. The second kappa shape index (κ2) is 12.1. The lowest BCUT2D eigenvalue weighted by Crippen LogP contribution is -2.33. The van der Waals surface area contributed by atoms with Crippen molar-refractivity contribution in [2.75, 3.05) is 6.54 Å². The fraction of sp³-hybridized carbons (Fsp3) is 0.161. The molecular formula is C31H29FN4O2S. The minimum Gasteiger partial charge on any atom is -0.312 e. The highest BCUT2D eigenvalue weighted by atomic mass is 32.2. The van der Waals surface area contributed by atoms with E-state index in [0.29, 0.717) is 18.8 Å². The van der Waals surface area contributed by atoms with E-state index in [0.717, 1.165) is 16.7 Å². The molecule has 0 saturated carbocycles. The molecule has 0 amide bonds. The molecule has 0 N–H and O–H groups in total. The van der Waals surface area contributed by atoms with Crippen LogP contribution in [0.2, 0.25) is 0 Å². The highest BCUT2D eigenvalue weighted by Crippen LogP contribution is 2.30. The molecule has 0 aliphatic carbocycles. The molecule has 0 unspecified atom stereocenters. The summed E-state index contributed by atoms with van der Waals surface area (Å²) in [7, 11) is -3.96. The van der Waals surface area contributed by atoms with Crippen molar-refractivity contribution in [2.45, 2.75) is 30.3 Å². The zero-order valence-electron chi connectivity index (χ0n) is 21.3. The van der Waals surface area contributed by atoms with Gasteiger partial charge in [0.05, 0.1) is 18.0 Å². The Morgan fingerprint density at radius 2 is 1.33 bits per heavy atom. The molecule has 0 spiro atoms. The summed E-state index contributed by atoms with van der Waals surface area (Å²) in [6.07, 6.45) is 2.16. The van der Waals surface area contributed by atoms with E-state index in [2.05, 4.69) is 34.5 Å². The molecule has 39 heavy (non-hydrogen) atoms. The van der Waals surface area contributed by atoms with Gasteiger partial charge >= 0.3 is 0 Å². The van der Waals surface area contributed by atoms with E-state index >= 15 is 0 Å². The van der Waals surface area contributed by atoms with Gasteiger partial charge in [-0.2, -0.15) is 4.31 Å². The quantitative estimate of drug-likeness (QED) is 0.210. The molecule has 0 radical (unpaired) electrons. The Morgan fingerprint density at radius 3 is 1.92 bits per heavy atom. The van der Waals surface area contributed by atoms with Gasteiger partial charge in [-0.05, 0) is 47.4 Å². The number of hydrogen-bond donors (Lipinski definition) is 0. The van der Waals surface area contributed by atoms with Gasteiger partial charge < -0.3 is 4.57 Å². The SMILES string of the molecule is O=S(=O)(c1ccc(F)cc1)N(CCC(c1ccccc1)c1ccccc1)Cc1nncn1Cc1ccccc1. The summed E-state index contributed by atoms with van der Waals surface area (Å²) in [5.41, 5.74) is 3.27. The van der Waals surface area contributed by atoms with E-state index in [1.165, 1.54) is 28.6 Å². The van der Waals surface area contributed by atoms with Crippen molar-refractivity contribution in [1.82, 2.24) is 19.1 Å². The second-order valence-electron chi connectivity index (χ2n) is 9.32. The average molecular weight is 541 g/mol. The van der Waals surface area contributed by atoms with Gasteiger partial charge in [-0.25, -0.2) is 12.8 Å². The van der Waals surface area contributed by atoms with Crippen LogP contribution in [-0.4, -0.2) is 34.0 Å². The molecule has 4 aromatic carbocycles. The van der Waals surface area contributed by atoms with Crippen molar-refractivity contribution in [3.8, 4) is 0 Å². The zero-order chi connectivity index (χ0) is 27.1. The summed E-state index contributed by atoms with van der Waals surface area (Å²) in [4.78, 5) is 0.0361. The summed E-state index contributed by atoms with van der Waals surface area (Å²) in [6, 6.07) is 35.0. The van der Waals surface area contributed by atoms with Crippen molar-refractivity contribution < 1.29 is 12.8 Å². The second-order valence-corrected chi connectivity index (χ2v) is 11.3. The Morgan fingerprint density at radius 1 is 0.769 bits per heavy atom. The number of rotatable bonds is 11. The maximum Gasteiger partial charge on any atom is 0.243 e. The molecule has 1 aromatic heterocycles. The molecule has 0 atom stereocenters. The fourth-order valence-electron chi connectivity index (χ4n) is 4.68. The lowest BCUT2D eigenvalue weighted by Gasteiger charge is -2.25. The number of sulfonamides is 1. The van der Waals surface area contributed by atoms with Crippen LogP contribution in [0.25, 0.3) is 0 Å². The van der Waals surface area contributed by atoms with Crippen LogP contribution >= 0.6 is 0 Å². The topological polar surface area (TPSA) is 68.1 Å². The van der Waals surface area contributed by atoms with Crippen molar-refractivity contribution in [3.63, 3.8) is 0 Å². The normalized spacial score (nSPS) is 11.8. The van der Waals surface area contributed by atoms with Crippen LogP contribution < -0.4 is 0 Å². The Kier molecular flexibility index (Phi) is 8.24. The predicted octanol–water partition coefficient (Wildman–Crippen LogP) is 5.88. The van der Waals surface area contributed by atoms with E-state index in [9.17, 15) is 12.8 Å². The average Bonchev–Trinajstić information content (AvgIpc) is 3.40. The first-order valence-corrected chi connectivity index (χ1v) is 14.2. The van der Waals surface area contributed by atoms with Crippen molar-refractivity contribution >= 4 is 10.0 Å². The Balaban J connectivity index is 1.46. The first kappa shape index (κ1) is 26.5. The number of benzene rings is 4. The first-order chi connectivity index (χ1) is 19.0. The number of aromatic nitrogens is 3. The van der Waals surface area contributed by atoms with E-state index in [1.54, 1.807) is 6.33 Å². The molecule has 5 aromatic rings. The molecule has 198 valence electrons. The largest absolute Gasteiger partial charge is 0.312 e. The molecule has 8 heteroatoms. The van der Waals surface area contributed by atoms with Crippen LogP contribution in [0, 0.1) is 5.82 Å². The molecule has 0 aliphatic heterocycles. The highest BCUT2D eigenvalue weighted by Gasteiger charge is 2.28. The predicted molar refractivity (Wildman–Crippen MR) is 149 cm³/mol. The lowest BCUT2D eigenvalue weighted by molar-refractivity contribution is 0.378. The molecular weight excluding hydrogens is 511 g/mol. The molecule has 0 fully saturated rings. The van der Waals surface area contributed by atoms with Crippen LogP contribution in [-0.2, 0) is 23.1 Å². The monoisotopic (exact) mass is 540 g/mol. The van der Waals surface area contributed by atoms with Gasteiger partial charge in [0.2, 0.25) is 10.0 Å². The maximum absolute atomic E-state index is 13.9. The van der Waals surface area contributed by atoms with Crippen LogP contribution in [0.5, 0.6) is 0 Å². The fourth-order valence-corrected chi connectivity index (χ4v) is 6.09. The minimum atomic E-state index is -3.96. The van der Waals surface area contributed by atoms with Gasteiger partial charge in [-0.1, -0.05) is 91.0 Å². The third-order valence-electron chi connectivity index (χ3n) is 6.73. The van der Waals surface area contributed by atoms with E-state index < -0.39 is 15.8 Å². The third-order valence-corrected chi connectivity index (χ3v) is 8.59. The summed E-state index contributed by atoms with van der Waals surface area (Å²) in [5, 5.41) is 8.33. The van der Waals surface area contributed by atoms with Crippen molar-refractivity contribution in [3.05, 3.63) is 150 Å². The Bertz CT molecular complexity index is 1540. The summed E-state index contributed by atoms with van der Waals surface area (Å²) < 4.78 is 44.7. The molecule has 5 rings (SSSR count). The standard InChI is InChI=1S/C31H29FN4O2S/c32-28-16-18-29(19-17-28)39(37,38)36(23-31-34-33-24-35(31)22-25-10-4-1-5-11-25)21-20-30(26-12-6-2-7-13-26)27-14-8-3-9-15-27/h1-19,24,30H,20-23H2. The number of nitrogens with zero attached hydrogens (tertiary/aromatic N) is 4. The third kappa shape index (κ3) is 6.47. The lowest BCUT2D eigenvalue weighted by atomic mass is 9.88. The van der Waals surface area contributed by atoms with Crippen LogP contribution in [0.3, 0.4) is 0 Å². The van der Waals surface area contributed by atoms with Gasteiger partial charge in [0, 0.05) is 12.5 Å². The van der Waals surface area contributed by atoms with E-state index in [4.69, 9.17) is 0 Å². The molecule has 0 saturated heterocycles. The zero-order valence-corrected chi connectivity index (χ0v) is 22.2. The van der Waals surface area contributed by atoms with Gasteiger partial charge in [-0.3, -0.25) is 0 Å². The van der Waals surface area contributed by atoms with Gasteiger partial charge in [0.1, 0.15) is 18.0 Å². The smallest absolute Gasteiger partial charge is 0.243 e. The number of halogens is 1. The highest BCUT2D eigenvalue weighted by molar-refractivity contribution is 7.89. The summed E-state index contributed by atoms with van der Waals surface area (Å²) in [6.45, 7) is 0.777. The summed E-state index contributed by atoms with van der Waals surface area (Å²) in [5.74, 6) is 0.0253. The Labute approximate surface area is 228 Å². The number of hydrogen-bond acceptors (Lipinski definition) is 4. The minimum absolute atomic E-state index is 0.0134. The molecule has 0 aliphatic rings. The maximum atomic E-state index is 13.9. The van der Waals surface area contributed by atoms with Crippen LogP contribution in [0.1, 0.15) is 34.9 Å². The van der Waals surface area contributed by atoms with Gasteiger partial charge in [0.15, 0.2) is 0 Å². The molecule has 1 heterocycles. The Hall–Kier alpha value is -4.14. The van der Waals surface area contributed by atoms with E-state index in [-0.39, 0.29) is 23.9 Å². The van der Waals surface area contributed by atoms with Gasteiger partial charge in [0.25, 0.3) is 0 Å². The van der Waals surface area contributed by atoms with Crippen LogP contribution in [0.4, 0.5) is 4.39 Å². The van der Waals surface area contributed by atoms with E-state index in [1.807, 2.05) is 71.3 Å². The van der Waals surface area contributed by atoms with Crippen LogP contribution in [0.15, 0.2) is 126 Å². The van der Waals surface area contributed by atoms with Crippen molar-refractivity contribution in [1.29, 1.82) is 0 Å². The van der Waals surface area contributed by atoms with Crippen molar-refractivity contribution in [2.24, 2.45) is 0 Å². The molecule has 0 bridgehead atoms. The van der Waals surface area contributed by atoms with Gasteiger partial charge in [-0.15, -0.1) is 10.2 Å². The summed E-state index contributed by atoms with van der Waals surface area (Å²) >= 11 is 0.